The summed E-state index contributed by atoms with van der Waals surface area (Å²) < 4.78 is 7.36. The maximum absolute atomic E-state index is 5.19. The molecule has 0 aliphatic heterocycles. The Morgan fingerprint density at radius 3 is 2.77 bits per heavy atom. The van der Waals surface area contributed by atoms with Crippen LogP contribution in [-0.4, -0.2) is 21.1 Å². The fraction of sp³-hybridized carbons (Fsp3) is 0. The molecule has 0 fully saturated rings. The summed E-state index contributed by atoms with van der Waals surface area (Å²) in [6, 6.07) is 3.60. The molecule has 6 heteroatoms. The van der Waals surface area contributed by atoms with Gasteiger partial charge in [0, 0.05) is 0 Å². The third-order valence-corrected chi connectivity index (χ3v) is 1.75. The van der Waals surface area contributed by atoms with E-state index in [9.17, 15) is 0 Å². The molecule has 0 N–H and O–H groups in total. The van der Waals surface area contributed by atoms with Crippen molar-refractivity contribution in [2.24, 2.45) is 5.10 Å². The third kappa shape index (κ3) is 2.03. The van der Waals surface area contributed by atoms with Crippen LogP contribution in [-0.2, 0) is 0 Å². The fourth-order valence-corrected chi connectivity index (χ4v) is 1.10. The van der Waals surface area contributed by atoms with Crippen LogP contribution in [0.3, 0.4) is 0 Å². The van der Waals surface area contributed by atoms with Crippen LogP contribution in [0, 0.1) is 0 Å². The predicted molar refractivity (Wildman–Crippen MR) is 49.4 cm³/mol. The molecular formula is C7H5BrN4O. The Bertz CT molecular complexity index is 406. The van der Waals surface area contributed by atoms with Gasteiger partial charge in [0.25, 0.3) is 0 Å². The lowest BCUT2D eigenvalue weighted by atomic mass is 10.5. The zero-order chi connectivity index (χ0) is 9.10. The molecule has 2 aromatic heterocycles. The Morgan fingerprint density at radius 1 is 1.38 bits per heavy atom. The third-order valence-electron chi connectivity index (χ3n) is 1.32. The van der Waals surface area contributed by atoms with E-state index < -0.39 is 0 Å². The number of nitrogens with zero attached hydrogens (tertiary/aromatic N) is 4. The van der Waals surface area contributed by atoms with Gasteiger partial charge in [-0.15, -0.1) is 10.2 Å². The Kier molecular flexibility index (Phi) is 2.22. The van der Waals surface area contributed by atoms with Crippen LogP contribution in [0.2, 0.25) is 0 Å². The van der Waals surface area contributed by atoms with Crippen molar-refractivity contribution in [3.8, 4) is 0 Å². The van der Waals surface area contributed by atoms with E-state index in [4.69, 9.17) is 4.42 Å². The van der Waals surface area contributed by atoms with E-state index in [2.05, 4.69) is 31.2 Å². The predicted octanol–water partition coefficient (Wildman–Crippen LogP) is 1.52. The summed E-state index contributed by atoms with van der Waals surface area (Å²) in [6.45, 7) is 0. The molecule has 0 atom stereocenters. The van der Waals surface area contributed by atoms with Crippen LogP contribution >= 0.6 is 15.9 Å². The molecule has 66 valence electrons. The first kappa shape index (κ1) is 8.18. The molecule has 0 aromatic carbocycles. The van der Waals surface area contributed by atoms with E-state index in [1.54, 1.807) is 18.3 Å². The van der Waals surface area contributed by atoms with Gasteiger partial charge in [0.15, 0.2) is 4.67 Å². The van der Waals surface area contributed by atoms with Gasteiger partial charge in [0.1, 0.15) is 18.4 Å². The van der Waals surface area contributed by atoms with Crippen LogP contribution in [0.4, 0.5) is 0 Å². The average Bonchev–Trinajstić information content (AvgIpc) is 2.71. The second-order valence-electron chi connectivity index (χ2n) is 2.23. The van der Waals surface area contributed by atoms with E-state index in [1.165, 1.54) is 17.3 Å². The van der Waals surface area contributed by atoms with Gasteiger partial charge in [-0.25, -0.2) is 4.68 Å². The molecule has 2 aromatic rings. The van der Waals surface area contributed by atoms with Crippen molar-refractivity contribution < 1.29 is 4.42 Å². The summed E-state index contributed by atoms with van der Waals surface area (Å²) in [7, 11) is 0. The molecule has 0 bridgehead atoms. The van der Waals surface area contributed by atoms with E-state index in [1.807, 2.05) is 0 Å². The van der Waals surface area contributed by atoms with E-state index in [0.29, 0.717) is 10.4 Å². The highest BCUT2D eigenvalue weighted by atomic mass is 79.9. The summed E-state index contributed by atoms with van der Waals surface area (Å²) in [5.41, 5.74) is 0. The first-order chi connectivity index (χ1) is 6.34. The molecule has 0 spiro atoms. The standard InChI is InChI=1S/C7H5BrN4O/c8-7-2-1-6(13-7)3-11-12-4-9-10-5-12/h1-5H/b11-3-. The molecule has 5 nitrogen and oxygen atoms in total. The molecule has 0 unspecified atom stereocenters. The molecule has 2 rings (SSSR count). The van der Waals surface area contributed by atoms with Gasteiger partial charge in [0.2, 0.25) is 0 Å². The lowest BCUT2D eigenvalue weighted by Crippen LogP contribution is -1.84. The summed E-state index contributed by atoms with van der Waals surface area (Å²) in [6.07, 6.45) is 4.57. The van der Waals surface area contributed by atoms with E-state index >= 15 is 0 Å². The van der Waals surface area contributed by atoms with E-state index in [0.717, 1.165) is 0 Å². The van der Waals surface area contributed by atoms with Gasteiger partial charge >= 0.3 is 0 Å². The first-order valence-electron chi connectivity index (χ1n) is 3.49. The van der Waals surface area contributed by atoms with Crippen LogP contribution in [0.1, 0.15) is 5.76 Å². The van der Waals surface area contributed by atoms with Crippen LogP contribution in [0.5, 0.6) is 0 Å². The molecule has 0 aliphatic rings. The van der Waals surface area contributed by atoms with Gasteiger partial charge in [-0.3, -0.25) is 0 Å². The van der Waals surface area contributed by atoms with Crippen LogP contribution < -0.4 is 0 Å². The smallest absolute Gasteiger partial charge is 0.169 e. The lowest BCUT2D eigenvalue weighted by Gasteiger charge is -1.86. The molecular weight excluding hydrogens is 236 g/mol. The normalized spacial score (nSPS) is 11.2. The van der Waals surface area contributed by atoms with Gasteiger partial charge in [0.05, 0.1) is 6.21 Å². The molecule has 0 amide bonds. The quantitative estimate of drug-likeness (QED) is 0.749. The number of halogens is 1. The maximum atomic E-state index is 5.19. The molecule has 0 saturated heterocycles. The van der Waals surface area contributed by atoms with Crippen molar-refractivity contribution in [3.05, 3.63) is 35.2 Å². The number of furan rings is 1. The van der Waals surface area contributed by atoms with Gasteiger partial charge in [-0.2, -0.15) is 5.10 Å². The van der Waals surface area contributed by atoms with E-state index in [-0.39, 0.29) is 0 Å². The van der Waals surface area contributed by atoms with Gasteiger partial charge < -0.3 is 4.42 Å². The Morgan fingerprint density at radius 2 is 2.15 bits per heavy atom. The minimum atomic E-state index is 0.667. The van der Waals surface area contributed by atoms with Gasteiger partial charge in [-0.05, 0) is 28.1 Å². The van der Waals surface area contributed by atoms with Crippen molar-refractivity contribution >= 4 is 22.1 Å². The topological polar surface area (TPSA) is 56.2 Å². The fourth-order valence-electron chi connectivity index (χ4n) is 0.776. The second kappa shape index (κ2) is 3.53. The molecule has 2 heterocycles. The van der Waals surface area contributed by atoms with Crippen molar-refractivity contribution in [2.45, 2.75) is 0 Å². The summed E-state index contributed by atoms with van der Waals surface area (Å²) in [4.78, 5) is 0. The number of aromatic nitrogens is 3. The zero-order valence-electron chi connectivity index (χ0n) is 6.46. The van der Waals surface area contributed by atoms with Crippen molar-refractivity contribution in [1.29, 1.82) is 0 Å². The zero-order valence-corrected chi connectivity index (χ0v) is 8.05. The van der Waals surface area contributed by atoms with Crippen LogP contribution in [0.15, 0.2) is 39.0 Å². The van der Waals surface area contributed by atoms with Gasteiger partial charge in [-0.1, -0.05) is 0 Å². The Balaban J connectivity index is 2.14. The summed E-state index contributed by atoms with van der Waals surface area (Å²) >= 11 is 3.19. The van der Waals surface area contributed by atoms with Crippen LogP contribution in [0.25, 0.3) is 0 Å². The second-order valence-corrected chi connectivity index (χ2v) is 3.01. The summed E-state index contributed by atoms with van der Waals surface area (Å²) in [5, 5.41) is 11.2. The largest absolute Gasteiger partial charge is 0.448 e. The highest BCUT2D eigenvalue weighted by molar-refractivity contribution is 9.10. The molecule has 0 radical (unpaired) electrons. The molecule has 0 aliphatic carbocycles. The highest BCUT2D eigenvalue weighted by Crippen LogP contribution is 2.12. The summed E-state index contributed by atoms with van der Waals surface area (Å²) in [5.74, 6) is 0.667. The first-order valence-corrected chi connectivity index (χ1v) is 4.28. The minimum absolute atomic E-state index is 0.667. The number of hydrogen-bond acceptors (Lipinski definition) is 4. The van der Waals surface area contributed by atoms with Crippen molar-refractivity contribution in [2.75, 3.05) is 0 Å². The minimum Gasteiger partial charge on any atom is -0.448 e. The maximum Gasteiger partial charge on any atom is 0.169 e. The monoisotopic (exact) mass is 240 g/mol. The Labute approximate surface area is 82.2 Å². The molecule has 0 saturated carbocycles. The number of rotatable bonds is 2. The molecule has 13 heavy (non-hydrogen) atoms. The van der Waals surface area contributed by atoms with Crippen molar-refractivity contribution in [3.63, 3.8) is 0 Å². The number of hydrogen-bond donors (Lipinski definition) is 0. The van der Waals surface area contributed by atoms with Crippen molar-refractivity contribution in [1.82, 2.24) is 14.9 Å². The SMILES string of the molecule is Brc1ccc(/C=N\n2cnnc2)o1. The highest BCUT2D eigenvalue weighted by Gasteiger charge is 1.94. The average molecular weight is 241 g/mol. The lowest BCUT2D eigenvalue weighted by molar-refractivity contribution is 0.534. The Hall–Kier alpha value is -1.43.